The van der Waals surface area contributed by atoms with Crippen molar-refractivity contribution in [1.29, 1.82) is 0 Å². The van der Waals surface area contributed by atoms with Crippen LogP contribution < -0.4 is 5.46 Å². The summed E-state index contributed by atoms with van der Waals surface area (Å²) in [7, 11) is -1.66. The van der Waals surface area contributed by atoms with Crippen LogP contribution in [0.4, 0.5) is 0 Å². The first-order chi connectivity index (χ1) is 14.1. The van der Waals surface area contributed by atoms with Crippen molar-refractivity contribution in [3.63, 3.8) is 0 Å². The fourth-order valence-electron chi connectivity index (χ4n) is 3.89. The molecule has 144 valence electrons. The molecule has 6 nitrogen and oxygen atoms in total. The SMILES string of the molecule is O=[N+]([O-])CC(c1ccccc1)c1c(-c2ccccc2B(O)O)[nH]c2ccccc12. The zero-order valence-electron chi connectivity index (χ0n) is 15.5. The second-order valence-electron chi connectivity index (χ2n) is 6.90. The van der Waals surface area contributed by atoms with Crippen LogP contribution in [-0.4, -0.2) is 33.6 Å². The summed E-state index contributed by atoms with van der Waals surface area (Å²) in [5.41, 5.74) is 4.05. The highest BCUT2D eigenvalue weighted by Crippen LogP contribution is 2.38. The monoisotopic (exact) mass is 386 g/mol. The standard InChI is InChI=1S/C22H19BN2O4/c26-23(27)19-12-6-4-10-16(19)22-21(17-11-5-7-13-20(17)24-22)18(14-25(28)29)15-8-2-1-3-9-15/h1-13,18,24,26-27H,14H2. The molecule has 1 heterocycles. The largest absolute Gasteiger partial charge is 0.489 e. The molecule has 1 aromatic heterocycles. The van der Waals surface area contributed by atoms with Gasteiger partial charge in [-0.05, 0) is 28.2 Å². The number of benzene rings is 3. The Morgan fingerprint density at radius 3 is 2.31 bits per heavy atom. The topological polar surface area (TPSA) is 99.4 Å². The maximum absolute atomic E-state index is 11.6. The normalized spacial score (nSPS) is 12.1. The van der Waals surface area contributed by atoms with Gasteiger partial charge in [-0.15, -0.1) is 0 Å². The minimum atomic E-state index is -1.66. The molecular formula is C22H19BN2O4. The quantitative estimate of drug-likeness (QED) is 0.270. The number of aromatic nitrogens is 1. The number of aromatic amines is 1. The van der Waals surface area contributed by atoms with E-state index in [-0.39, 0.29) is 11.5 Å². The highest BCUT2D eigenvalue weighted by Gasteiger charge is 2.29. The average Bonchev–Trinajstić information content (AvgIpc) is 3.11. The Kier molecular flexibility index (Phi) is 5.16. The van der Waals surface area contributed by atoms with Gasteiger partial charge in [0.1, 0.15) is 0 Å². The predicted octanol–water partition coefficient (Wildman–Crippen LogP) is 2.92. The van der Waals surface area contributed by atoms with Crippen molar-refractivity contribution in [2.75, 3.05) is 6.54 Å². The number of hydrogen-bond donors (Lipinski definition) is 3. The third-order valence-electron chi connectivity index (χ3n) is 5.14. The first kappa shape index (κ1) is 18.9. The lowest BCUT2D eigenvalue weighted by Gasteiger charge is -2.17. The summed E-state index contributed by atoms with van der Waals surface area (Å²) in [6, 6.07) is 24.0. The highest BCUT2D eigenvalue weighted by atomic mass is 16.6. The molecule has 0 radical (unpaired) electrons. The molecule has 3 aromatic carbocycles. The molecule has 0 aliphatic rings. The van der Waals surface area contributed by atoms with Gasteiger partial charge in [-0.2, -0.15) is 0 Å². The summed E-state index contributed by atoms with van der Waals surface area (Å²) in [4.78, 5) is 14.6. The lowest BCUT2D eigenvalue weighted by Crippen LogP contribution is -2.31. The second kappa shape index (κ2) is 7.91. The van der Waals surface area contributed by atoms with Crippen molar-refractivity contribution < 1.29 is 15.0 Å². The summed E-state index contributed by atoms with van der Waals surface area (Å²) in [6.07, 6.45) is 0. The van der Waals surface area contributed by atoms with E-state index in [1.54, 1.807) is 18.2 Å². The summed E-state index contributed by atoms with van der Waals surface area (Å²) < 4.78 is 0. The fraction of sp³-hybridized carbons (Fsp3) is 0.0909. The molecule has 0 amide bonds. The molecule has 0 bridgehead atoms. The zero-order chi connectivity index (χ0) is 20.4. The molecule has 3 N–H and O–H groups in total. The van der Waals surface area contributed by atoms with Crippen LogP contribution in [0, 0.1) is 10.1 Å². The molecule has 4 rings (SSSR count). The maximum Gasteiger partial charge on any atom is 0.489 e. The van der Waals surface area contributed by atoms with E-state index in [2.05, 4.69) is 4.98 Å². The number of fused-ring (bicyclic) bond motifs is 1. The molecule has 0 fully saturated rings. The van der Waals surface area contributed by atoms with Crippen molar-refractivity contribution in [3.8, 4) is 11.3 Å². The molecule has 0 saturated heterocycles. The highest BCUT2D eigenvalue weighted by molar-refractivity contribution is 6.60. The molecule has 0 saturated carbocycles. The Morgan fingerprint density at radius 2 is 1.59 bits per heavy atom. The van der Waals surface area contributed by atoms with E-state index in [1.165, 1.54) is 0 Å². The van der Waals surface area contributed by atoms with E-state index in [0.717, 1.165) is 22.0 Å². The van der Waals surface area contributed by atoms with Gasteiger partial charge >= 0.3 is 7.12 Å². The van der Waals surface area contributed by atoms with Gasteiger partial charge in [0, 0.05) is 15.8 Å². The molecule has 4 aromatic rings. The van der Waals surface area contributed by atoms with Gasteiger partial charge in [0.15, 0.2) is 0 Å². The smallest absolute Gasteiger partial charge is 0.423 e. The van der Waals surface area contributed by atoms with Crippen molar-refractivity contribution >= 4 is 23.5 Å². The van der Waals surface area contributed by atoms with Crippen molar-refractivity contribution in [3.05, 3.63) is 100 Å². The first-order valence-electron chi connectivity index (χ1n) is 9.29. The van der Waals surface area contributed by atoms with Gasteiger partial charge in [-0.1, -0.05) is 72.8 Å². The van der Waals surface area contributed by atoms with Gasteiger partial charge in [-0.3, -0.25) is 10.1 Å². The fourth-order valence-corrected chi connectivity index (χ4v) is 3.89. The number of H-pyrrole nitrogens is 1. The molecule has 1 unspecified atom stereocenters. The van der Waals surface area contributed by atoms with Crippen LogP contribution in [0.25, 0.3) is 22.2 Å². The minimum Gasteiger partial charge on any atom is -0.423 e. The Balaban J connectivity index is 2.03. The van der Waals surface area contributed by atoms with Gasteiger partial charge in [0.25, 0.3) is 0 Å². The van der Waals surface area contributed by atoms with Gasteiger partial charge in [0.05, 0.1) is 11.6 Å². The second-order valence-corrected chi connectivity index (χ2v) is 6.90. The van der Waals surface area contributed by atoms with Crippen LogP contribution in [0.3, 0.4) is 0 Å². The zero-order valence-corrected chi connectivity index (χ0v) is 15.5. The molecular weight excluding hydrogens is 367 g/mol. The number of rotatable bonds is 6. The summed E-state index contributed by atoms with van der Waals surface area (Å²) >= 11 is 0. The summed E-state index contributed by atoms with van der Waals surface area (Å²) in [5.74, 6) is -0.499. The molecule has 0 spiro atoms. The van der Waals surface area contributed by atoms with E-state index in [0.29, 0.717) is 16.7 Å². The van der Waals surface area contributed by atoms with Crippen LogP contribution in [-0.2, 0) is 0 Å². The molecule has 29 heavy (non-hydrogen) atoms. The average molecular weight is 386 g/mol. The lowest BCUT2D eigenvalue weighted by molar-refractivity contribution is -0.481. The number of nitrogens with one attached hydrogen (secondary N) is 1. The van der Waals surface area contributed by atoms with Crippen molar-refractivity contribution in [1.82, 2.24) is 4.98 Å². The number of nitrogens with zero attached hydrogens (tertiary/aromatic N) is 1. The van der Waals surface area contributed by atoms with E-state index in [9.17, 15) is 20.2 Å². The molecule has 0 aliphatic carbocycles. The third kappa shape index (κ3) is 3.65. The van der Waals surface area contributed by atoms with Gasteiger partial charge in [0.2, 0.25) is 6.54 Å². The van der Waals surface area contributed by atoms with Crippen LogP contribution in [0.15, 0.2) is 78.9 Å². The maximum atomic E-state index is 11.6. The van der Waals surface area contributed by atoms with Crippen LogP contribution in [0.1, 0.15) is 17.0 Å². The first-order valence-corrected chi connectivity index (χ1v) is 9.29. The Labute approximate surface area is 167 Å². The Morgan fingerprint density at radius 1 is 0.931 bits per heavy atom. The van der Waals surface area contributed by atoms with Crippen LogP contribution >= 0.6 is 0 Å². The third-order valence-corrected chi connectivity index (χ3v) is 5.14. The van der Waals surface area contributed by atoms with Gasteiger partial charge < -0.3 is 15.0 Å². The van der Waals surface area contributed by atoms with E-state index in [1.807, 2.05) is 60.7 Å². The van der Waals surface area contributed by atoms with Crippen LogP contribution in [0.5, 0.6) is 0 Å². The van der Waals surface area contributed by atoms with E-state index in [4.69, 9.17) is 0 Å². The number of para-hydroxylation sites is 1. The molecule has 7 heteroatoms. The molecule has 0 aliphatic heterocycles. The lowest BCUT2D eigenvalue weighted by atomic mass is 9.75. The number of nitro groups is 1. The van der Waals surface area contributed by atoms with E-state index >= 15 is 0 Å². The Bertz CT molecular complexity index is 1160. The van der Waals surface area contributed by atoms with Crippen molar-refractivity contribution in [2.24, 2.45) is 0 Å². The molecule has 1 atom stereocenters. The number of hydrogen-bond acceptors (Lipinski definition) is 4. The minimum absolute atomic E-state index is 0.275. The summed E-state index contributed by atoms with van der Waals surface area (Å²) in [5, 5.41) is 32.2. The van der Waals surface area contributed by atoms with Crippen LogP contribution in [0.2, 0.25) is 0 Å². The summed E-state index contributed by atoms with van der Waals surface area (Å²) in [6.45, 7) is -0.275. The Hall–Kier alpha value is -3.42. The van der Waals surface area contributed by atoms with E-state index < -0.39 is 13.0 Å². The predicted molar refractivity (Wildman–Crippen MR) is 114 cm³/mol. The van der Waals surface area contributed by atoms with Gasteiger partial charge in [-0.25, -0.2) is 0 Å². The van der Waals surface area contributed by atoms with Crippen molar-refractivity contribution in [2.45, 2.75) is 5.92 Å².